The maximum Gasteiger partial charge on any atom is 1.00 e. The van der Waals surface area contributed by atoms with Crippen LogP contribution >= 0.6 is 41.2 Å². The van der Waals surface area contributed by atoms with Gasteiger partial charge in [0.1, 0.15) is 49.5 Å². The summed E-state index contributed by atoms with van der Waals surface area (Å²) >= 11 is 7.48. The fourth-order valence-corrected chi connectivity index (χ4v) is 11.0. The van der Waals surface area contributed by atoms with Crippen LogP contribution in [0.25, 0.3) is 0 Å². The van der Waals surface area contributed by atoms with E-state index in [1.54, 1.807) is 80.5 Å². The first-order chi connectivity index (χ1) is 68.0. The number of aliphatic hydroxyl groups excluding tert-OH is 4. The smallest absolute Gasteiger partial charge is 0.231 e. The number of hydrogen-bond donors (Lipinski definition) is 17. The van der Waals surface area contributed by atoms with E-state index in [1.807, 2.05) is 35.7 Å². The predicted molar refractivity (Wildman–Crippen MR) is 573 cm³/mol. The van der Waals surface area contributed by atoms with Gasteiger partial charge in [-0.25, -0.2) is 24.9 Å². The van der Waals surface area contributed by atoms with E-state index in [2.05, 4.69) is 321 Å². The summed E-state index contributed by atoms with van der Waals surface area (Å²) in [5, 5.41) is 107. The van der Waals surface area contributed by atoms with Crippen molar-refractivity contribution in [3.05, 3.63) is 71.8 Å². The molecule has 4 fully saturated rings. The van der Waals surface area contributed by atoms with E-state index in [0.29, 0.717) is 38.6 Å². The van der Waals surface area contributed by atoms with E-state index in [-0.39, 0.29) is 146 Å². The van der Waals surface area contributed by atoms with Crippen LogP contribution in [0.3, 0.4) is 0 Å². The number of rotatable bonds is 33. The first kappa shape index (κ1) is 146. The Morgan fingerprint density at radius 3 is 1.18 bits per heavy atom. The molecular weight excluding hydrogens is 2280 g/mol. The number of carbonyl (C=O) groups is 10. The van der Waals surface area contributed by atoms with Crippen molar-refractivity contribution in [2.75, 3.05) is 37.4 Å². The Morgan fingerprint density at radius 1 is 0.517 bits per heavy atom. The fraction of sp³-hybridized carbons (Fsp3) is 0.404. The Morgan fingerprint density at radius 2 is 0.869 bits per heavy atom. The van der Waals surface area contributed by atoms with Crippen molar-refractivity contribution in [2.24, 2.45) is 27.1 Å². The van der Waals surface area contributed by atoms with Gasteiger partial charge < -0.3 is 100 Å². The van der Waals surface area contributed by atoms with Crippen LogP contribution < -0.4 is 113 Å². The summed E-state index contributed by atoms with van der Waals surface area (Å²) in [5.41, 5.74) is 19.5. The third-order valence-electron chi connectivity index (χ3n) is 16.2. The third kappa shape index (κ3) is 72.6. The molecule has 4 saturated heterocycles. The predicted octanol–water partition coefficient (Wildman–Crippen LogP) is 1.86. The monoisotopic (exact) mass is 2430 g/mol. The van der Waals surface area contributed by atoms with Crippen molar-refractivity contribution in [1.82, 2.24) is 52.3 Å². The van der Waals surface area contributed by atoms with Crippen molar-refractivity contribution in [3.63, 3.8) is 0 Å². The molecule has 0 bridgehead atoms. The number of ether oxygens (including phenoxy) is 2. The Hall–Kier alpha value is -12.3. The van der Waals surface area contributed by atoms with Gasteiger partial charge in [0.25, 0.3) is 0 Å². The van der Waals surface area contributed by atoms with Crippen LogP contribution in [-0.2, 0) is 122 Å². The maximum atomic E-state index is 13.5. The minimum absolute atomic E-state index is 0. The van der Waals surface area contributed by atoms with Crippen LogP contribution in [-0.4, -0.2) is 231 Å². The van der Waals surface area contributed by atoms with E-state index < -0.39 is 138 Å². The molecule has 51 heteroatoms. The average molecular weight is 2440 g/mol. The van der Waals surface area contributed by atoms with E-state index in [1.165, 1.54) is 43.1 Å². The molecule has 0 saturated carbocycles. The van der Waals surface area contributed by atoms with Gasteiger partial charge in [0.15, 0.2) is 6.04 Å². The third-order valence-corrected chi connectivity index (χ3v) is 17.4. The van der Waals surface area contributed by atoms with Gasteiger partial charge in [-0.15, -0.1) is 11.4 Å². The molecule has 814 valence electrons. The molecule has 2 aromatic carbocycles. The molecule has 12 atom stereocenters. The zero-order valence-corrected chi connectivity index (χ0v) is 88.0. The van der Waals surface area contributed by atoms with Gasteiger partial charge in [0.05, 0.1) is 30.5 Å². The number of benzene rings is 2. The number of hydrogen-bond acceptors (Lipinski definition) is 34. The number of amides is 9. The first-order valence-electron chi connectivity index (χ1n) is 39.9. The van der Waals surface area contributed by atoms with Gasteiger partial charge in [0.2, 0.25) is 41.4 Å². The molecule has 9 amide bonds. The number of carboxylic acid groups (broad SMARTS) is 1. The number of nitrogens with two attached hydrogens (primary N) is 2. The summed E-state index contributed by atoms with van der Waals surface area (Å²) in [4.78, 5) is 142. The largest absolute Gasteiger partial charge is 1.00 e. The van der Waals surface area contributed by atoms with E-state index >= 15 is 0 Å². The number of likely N-dealkylation sites (tertiary alicyclic amines) is 3. The minimum atomic E-state index is -1.38. The quantitative estimate of drug-likeness (QED) is 0.00558. The number of alkyl carbamates (subject to hydrolysis) is 2. The van der Waals surface area contributed by atoms with Crippen LogP contribution in [0.2, 0.25) is 0 Å². The molecule has 0 radical (unpaired) electrons. The number of nitrogens with one attached hydrogen (secondary N) is 7. The normalized spacial score (nSPS) is 14.3. The van der Waals surface area contributed by atoms with Gasteiger partial charge in [-0.2, -0.15) is 6.26 Å². The van der Waals surface area contributed by atoms with E-state index in [9.17, 15) is 63.3 Å². The Kier molecular flexibility index (Phi) is 99.5. The number of halogens is 3. The number of nitrogens with zero attached hydrogens (tertiary/aromatic N) is 7. The van der Waals surface area contributed by atoms with E-state index in [4.69, 9.17) is 58.9 Å². The Balaban J connectivity index is -0.0000000546. The van der Waals surface area contributed by atoms with Crippen molar-refractivity contribution in [1.29, 1.82) is 5.53 Å². The molecule has 4 aliphatic rings. The molecule has 19 N–H and O–H groups in total. The number of primary amides is 2. The standard InChI is InChI=1S/C26H37N5O8.C25H4.C14H24N4O4.C12H15NO5.C12H6.CH3I.CH4S.3CH4.H2I2N5O8.K.H3NO5.20H2/c1-15(32)20(22(27)34)28-23(35)18-10-6-12-30(18)24(36)19-11-7-13-31(19)25(37)21(16(2)33)29-26(38)39-14-17-8-4-3-5-9-17;1-3-5-7-9-11-13-15-17-19-21-23-25-24-22-20-18-16-14-12-10-8-6-4-2;1-8(19)11(12(15)20)17-13(21)10-5-3-7-18(10)14(22)9-4-2-6-16-9;1-8(14)10(11(15)16)13-12(17)18-7-9-5-3-2-4-6-9;1-3-5-7-9-11-12-10-8-6-4-2;2*1-2;;;;1-2-9-13-15-11-7(6-5-4-3)10-14-12-8;;2-4-1-5-6-3;;;;;;;;;;;;;;;;;;;;/h3-5,8-9,15-16,18-21,32-33H,6-7,10-14H2,1-2H3,(H2,27,34)(H,28,35)(H,29,38);1H,2H3;8-11,16,19H,2-7H2,1H3,(H2,15,20)(H,17,21);2-6,8,10,14H,7H2,1H3,(H,13,17)(H,15,16);1-2H3;1H3;2H,1H3;3*1H4;3,8H;;1-3H;20*1H/q;;;;;;;;;;-1;+1;;;;;;;;;;;;;;;;;;;;;/p-1/b;;;;;;;;;;4-3?,6-5+;;;;;;;;;;;;;;;;;;;;;;/t15-,16-,18+,19+,20+,21+;;8-,9+,10+,11+;8-,10+;;;;;;;;;;;;;;;;;;;;;;;;;;;;;/m1.11............................./s1. The average Bonchev–Trinajstić information content (AvgIpc) is 1.66. The topological polar surface area (TPSA) is 641 Å². The van der Waals surface area contributed by atoms with Gasteiger partial charge in [0, 0.05) is 83.7 Å². The van der Waals surface area contributed by atoms with Crippen LogP contribution in [0.4, 0.5) is 9.59 Å². The van der Waals surface area contributed by atoms with E-state index in [0.717, 1.165) is 36.9 Å². The molecular formula is C94H149I3KN16O30S-. The summed E-state index contributed by atoms with van der Waals surface area (Å²) < 4.78 is 14.3. The summed E-state index contributed by atoms with van der Waals surface area (Å²) in [5.74, 6) is 77.2. The number of carbonyl (C=O) groups excluding carboxylic acids is 9. The number of terminal acetylenes is 1. The van der Waals surface area contributed by atoms with Crippen LogP contribution in [0.1, 0.15) is 162 Å². The van der Waals surface area contributed by atoms with Crippen molar-refractivity contribution in [2.45, 2.75) is 208 Å². The second-order valence-corrected chi connectivity index (χ2v) is 28.5. The van der Waals surface area contributed by atoms with Crippen LogP contribution in [0.5, 0.6) is 0 Å². The Labute approximate surface area is 954 Å². The summed E-state index contributed by atoms with van der Waals surface area (Å²) in [7, 11) is 0. The fourth-order valence-electron chi connectivity index (χ4n) is 10.5. The van der Waals surface area contributed by atoms with Crippen LogP contribution in [0.15, 0.2) is 76.3 Å². The molecule has 4 heterocycles. The number of carboxylic acids is 1. The number of aliphatic hydroxyl groups is 4. The number of alkyl halides is 1. The van der Waals surface area contributed by atoms with Crippen molar-refractivity contribution in [3.8, 4) is 202 Å². The SMILES string of the molecule is C.C.C.C#CC#CC#CC#CC#CC#CC#CC#CC#CC#CC#CC#CC.CC#CC#CC#CC#CC#CC.CI.C[C@@H](O)[C@H](NC(=O)OCc1ccccc1)C(=O)O.C[C@@H](O)[C@H](NC(=O)[C@@H]1CCCN1C(=O)[C@@H]1CCCN1)C(N)=O.C[C@@H](O)[C@H](NC(=O)[C@@H]1CCCN1C(=O)[C@@H]1CCCN1C(=O)[C@@H](NC(=O)OCc1ccccc1)[C@@H](C)O)C(N)=O.C[S-].N=N/N=N/N(OOOO)OOOO[I-]I.OONOOO.[HH].[HH].[HH].[HH].[HH].[HH].[HH].[HH].[HH].[HH].[HH].[HH].[HH].[HH].[HH].[HH].[HH].[HH].[HH].[HH].[K+]. The summed E-state index contributed by atoms with van der Waals surface area (Å²) in [6.07, 6.45) is 4.71. The molecule has 145 heavy (non-hydrogen) atoms. The summed E-state index contributed by atoms with van der Waals surface area (Å²) in [6, 6.07) is 10.1. The van der Waals surface area contributed by atoms with Crippen molar-refractivity contribution < 1.29 is 245 Å². The first-order valence-corrected chi connectivity index (χ1v) is 50.1. The molecule has 0 spiro atoms. The number of aliphatic carboxylic acids is 1. The van der Waals surface area contributed by atoms with Gasteiger partial charge >= 0.3 is 171 Å². The van der Waals surface area contributed by atoms with Gasteiger partial charge in [-0.3, -0.25) is 33.6 Å². The molecule has 6 rings (SSSR count). The molecule has 0 aliphatic carbocycles. The van der Waals surface area contributed by atoms with Gasteiger partial charge in [-0.1, -0.05) is 128 Å². The second kappa shape index (κ2) is 99.0. The minimum Gasteiger partial charge on any atom is -0.231 e. The maximum absolute atomic E-state index is 13.5. The Bertz CT molecular complexity index is 5550. The molecule has 0 unspecified atom stereocenters. The van der Waals surface area contributed by atoms with Crippen LogP contribution in [0, 0.1) is 207 Å². The molecule has 2 aromatic rings. The molecule has 4 aliphatic heterocycles. The van der Waals surface area contributed by atoms with Crippen molar-refractivity contribution >= 4 is 113 Å². The zero-order valence-electron chi connectivity index (χ0n) is 77.6. The molecule has 46 nitrogen and oxygen atoms in total. The second-order valence-electron chi connectivity index (χ2n) is 25.6. The zero-order chi connectivity index (χ0) is 106. The molecule has 0 aromatic heterocycles. The van der Waals surface area contributed by atoms with Gasteiger partial charge in [-0.05, 0) is 275 Å². The summed E-state index contributed by atoms with van der Waals surface area (Å²) in [6.45, 7) is 12.3.